The van der Waals surface area contributed by atoms with Crippen molar-refractivity contribution >= 4 is 22.5 Å². The van der Waals surface area contributed by atoms with E-state index < -0.39 is 0 Å². The lowest BCUT2D eigenvalue weighted by molar-refractivity contribution is -0.115. The highest BCUT2D eigenvalue weighted by molar-refractivity contribution is 6.09. The van der Waals surface area contributed by atoms with E-state index in [-0.39, 0.29) is 5.91 Å². The fourth-order valence-corrected chi connectivity index (χ4v) is 4.20. The monoisotopic (exact) mass is 369 g/mol. The van der Waals surface area contributed by atoms with Gasteiger partial charge in [-0.1, -0.05) is 17.3 Å². The van der Waals surface area contributed by atoms with Gasteiger partial charge in [0.25, 0.3) is 0 Å². The smallest absolute Gasteiger partial charge is 0.228 e. The van der Waals surface area contributed by atoms with Gasteiger partial charge in [0, 0.05) is 22.7 Å². The quantitative estimate of drug-likeness (QED) is 0.541. The molecule has 2 aromatic heterocycles. The van der Waals surface area contributed by atoms with Crippen molar-refractivity contribution in [2.24, 2.45) is 0 Å². The van der Waals surface area contributed by atoms with Gasteiger partial charge in [-0.15, -0.1) is 0 Å². The number of nitrogens with zero attached hydrogens (tertiary/aromatic N) is 2. The summed E-state index contributed by atoms with van der Waals surface area (Å²) in [6.07, 6.45) is 2.18. The topological polar surface area (TPSA) is 68.0 Å². The Morgan fingerprint density at radius 2 is 1.93 bits per heavy atom. The summed E-state index contributed by atoms with van der Waals surface area (Å²) in [5.41, 5.74) is 8.91. The Labute approximate surface area is 162 Å². The molecule has 4 aromatic rings. The van der Waals surface area contributed by atoms with Gasteiger partial charge < -0.3 is 9.84 Å². The standard InChI is InChI=1S/C23H19N3O2/c1-12-6-7-19-17(5-4-8-24-19)21(12)18-10-15(22-13(2)26-28-14(22)3)9-16-11-20(27)25-23(16)18/h4-10H,11H2,1-3H3,(H,25,27). The van der Waals surface area contributed by atoms with Crippen LogP contribution in [0.4, 0.5) is 5.69 Å². The van der Waals surface area contributed by atoms with Gasteiger partial charge in [0.1, 0.15) is 5.76 Å². The molecule has 1 amide bonds. The molecule has 0 atom stereocenters. The van der Waals surface area contributed by atoms with Crippen LogP contribution in [-0.2, 0) is 11.2 Å². The van der Waals surface area contributed by atoms with E-state index in [9.17, 15) is 4.79 Å². The van der Waals surface area contributed by atoms with Gasteiger partial charge in [-0.2, -0.15) is 0 Å². The highest BCUT2D eigenvalue weighted by atomic mass is 16.5. The van der Waals surface area contributed by atoms with E-state index in [2.05, 4.69) is 46.6 Å². The van der Waals surface area contributed by atoms with Crippen LogP contribution in [0.1, 0.15) is 22.6 Å². The van der Waals surface area contributed by atoms with E-state index in [1.807, 2.05) is 26.0 Å². The van der Waals surface area contributed by atoms with Gasteiger partial charge in [0.15, 0.2) is 0 Å². The predicted molar refractivity (Wildman–Crippen MR) is 109 cm³/mol. The molecule has 2 aromatic carbocycles. The predicted octanol–water partition coefficient (Wildman–Crippen LogP) is 4.98. The Balaban J connectivity index is 1.87. The van der Waals surface area contributed by atoms with Crippen LogP contribution in [0.15, 0.2) is 47.1 Å². The van der Waals surface area contributed by atoms with Crippen LogP contribution in [0.2, 0.25) is 0 Å². The van der Waals surface area contributed by atoms with Crippen LogP contribution in [0.3, 0.4) is 0 Å². The number of pyridine rings is 1. The summed E-state index contributed by atoms with van der Waals surface area (Å²) in [6.45, 7) is 5.95. The second-order valence-electron chi connectivity index (χ2n) is 7.31. The number of rotatable bonds is 2. The van der Waals surface area contributed by atoms with Gasteiger partial charge >= 0.3 is 0 Å². The number of hydrogen-bond donors (Lipinski definition) is 1. The zero-order chi connectivity index (χ0) is 19.4. The summed E-state index contributed by atoms with van der Waals surface area (Å²) in [4.78, 5) is 16.7. The van der Waals surface area contributed by atoms with Crippen LogP contribution in [0, 0.1) is 20.8 Å². The van der Waals surface area contributed by atoms with E-state index in [0.29, 0.717) is 6.42 Å². The summed E-state index contributed by atoms with van der Waals surface area (Å²) < 4.78 is 5.39. The molecule has 5 nitrogen and oxygen atoms in total. The fraction of sp³-hybridized carbons (Fsp3) is 0.174. The molecule has 28 heavy (non-hydrogen) atoms. The van der Waals surface area contributed by atoms with Crippen LogP contribution < -0.4 is 5.32 Å². The number of amides is 1. The number of fused-ring (bicyclic) bond motifs is 2. The average molecular weight is 369 g/mol. The number of carbonyl (C=O) groups is 1. The van der Waals surface area contributed by atoms with Crippen molar-refractivity contribution < 1.29 is 9.32 Å². The Morgan fingerprint density at radius 1 is 1.07 bits per heavy atom. The lowest BCUT2D eigenvalue weighted by Crippen LogP contribution is -2.04. The fourth-order valence-electron chi connectivity index (χ4n) is 4.20. The molecule has 5 heteroatoms. The molecule has 1 aliphatic rings. The van der Waals surface area contributed by atoms with Crippen molar-refractivity contribution in [1.29, 1.82) is 0 Å². The second kappa shape index (κ2) is 6.02. The summed E-state index contributed by atoms with van der Waals surface area (Å²) in [6, 6.07) is 12.3. The van der Waals surface area contributed by atoms with Gasteiger partial charge in [-0.3, -0.25) is 9.78 Å². The van der Waals surface area contributed by atoms with E-state index in [4.69, 9.17) is 4.52 Å². The van der Waals surface area contributed by atoms with E-state index in [1.165, 1.54) is 0 Å². The average Bonchev–Trinajstić information content (AvgIpc) is 3.22. The number of anilines is 1. The summed E-state index contributed by atoms with van der Waals surface area (Å²) in [5, 5.41) is 8.23. The lowest BCUT2D eigenvalue weighted by atomic mass is 9.89. The summed E-state index contributed by atoms with van der Waals surface area (Å²) in [5.74, 6) is 0.792. The Bertz CT molecular complexity index is 1250. The Hall–Kier alpha value is -3.47. The van der Waals surface area contributed by atoms with Crippen molar-refractivity contribution in [3.8, 4) is 22.3 Å². The van der Waals surface area contributed by atoms with Crippen molar-refractivity contribution in [2.45, 2.75) is 27.2 Å². The van der Waals surface area contributed by atoms with Gasteiger partial charge in [-0.05, 0) is 67.3 Å². The molecule has 3 heterocycles. The van der Waals surface area contributed by atoms with Crippen LogP contribution in [0.5, 0.6) is 0 Å². The van der Waals surface area contributed by atoms with Crippen LogP contribution >= 0.6 is 0 Å². The second-order valence-corrected chi connectivity index (χ2v) is 7.31. The first kappa shape index (κ1) is 16.7. The van der Waals surface area contributed by atoms with Crippen LogP contribution in [-0.4, -0.2) is 16.0 Å². The van der Waals surface area contributed by atoms with Gasteiger partial charge in [0.05, 0.1) is 23.3 Å². The molecule has 0 radical (unpaired) electrons. The maximum absolute atomic E-state index is 12.2. The first-order valence-electron chi connectivity index (χ1n) is 9.27. The van der Waals surface area contributed by atoms with E-state index in [0.717, 1.165) is 61.4 Å². The molecular formula is C23H19N3O2. The summed E-state index contributed by atoms with van der Waals surface area (Å²) >= 11 is 0. The molecule has 1 aliphatic heterocycles. The molecule has 138 valence electrons. The Kier molecular flexibility index (Phi) is 3.59. The highest BCUT2D eigenvalue weighted by Gasteiger charge is 2.25. The number of aromatic nitrogens is 2. The van der Waals surface area contributed by atoms with E-state index >= 15 is 0 Å². The summed E-state index contributed by atoms with van der Waals surface area (Å²) in [7, 11) is 0. The van der Waals surface area contributed by atoms with Gasteiger partial charge in [0.2, 0.25) is 5.91 Å². The molecule has 0 fully saturated rings. The maximum atomic E-state index is 12.2. The van der Waals surface area contributed by atoms with Crippen molar-refractivity contribution in [3.63, 3.8) is 0 Å². The molecule has 0 saturated heterocycles. The van der Waals surface area contributed by atoms with E-state index in [1.54, 1.807) is 6.20 Å². The number of nitrogens with one attached hydrogen (secondary N) is 1. The number of aryl methyl sites for hydroxylation is 3. The third-order valence-corrected chi connectivity index (χ3v) is 5.42. The number of benzene rings is 2. The zero-order valence-electron chi connectivity index (χ0n) is 16.0. The number of carbonyl (C=O) groups excluding carboxylic acids is 1. The third kappa shape index (κ3) is 2.43. The van der Waals surface area contributed by atoms with Gasteiger partial charge in [-0.25, -0.2) is 0 Å². The first-order valence-corrected chi connectivity index (χ1v) is 9.27. The zero-order valence-corrected chi connectivity index (χ0v) is 16.0. The normalized spacial score (nSPS) is 13.0. The minimum atomic E-state index is 0.0168. The minimum absolute atomic E-state index is 0.0168. The number of hydrogen-bond acceptors (Lipinski definition) is 4. The molecule has 5 rings (SSSR count). The Morgan fingerprint density at radius 3 is 2.71 bits per heavy atom. The molecule has 0 spiro atoms. The van der Waals surface area contributed by atoms with Crippen molar-refractivity contribution in [2.75, 3.05) is 5.32 Å². The first-order chi connectivity index (χ1) is 13.5. The third-order valence-electron chi connectivity index (χ3n) is 5.42. The molecular weight excluding hydrogens is 350 g/mol. The minimum Gasteiger partial charge on any atom is -0.361 e. The molecule has 0 saturated carbocycles. The lowest BCUT2D eigenvalue weighted by Gasteiger charge is -2.16. The maximum Gasteiger partial charge on any atom is 0.228 e. The van der Waals surface area contributed by atoms with Crippen molar-refractivity contribution in [1.82, 2.24) is 10.1 Å². The molecule has 0 aliphatic carbocycles. The molecule has 0 bridgehead atoms. The molecule has 1 N–H and O–H groups in total. The molecule has 0 unspecified atom stereocenters. The van der Waals surface area contributed by atoms with Crippen LogP contribution in [0.25, 0.3) is 33.2 Å². The largest absolute Gasteiger partial charge is 0.361 e. The van der Waals surface area contributed by atoms with Crippen molar-refractivity contribution in [3.05, 3.63) is 65.2 Å². The SMILES string of the molecule is Cc1ccc2ncccc2c1-c1cc(-c2c(C)noc2C)cc2c1NC(=O)C2. The highest BCUT2D eigenvalue weighted by Crippen LogP contribution is 2.43.